The van der Waals surface area contributed by atoms with Crippen LogP contribution >= 0.6 is 0 Å². The van der Waals surface area contributed by atoms with Crippen molar-refractivity contribution in [2.24, 2.45) is 0 Å². The fourth-order valence-electron chi connectivity index (χ4n) is 1.37. The van der Waals surface area contributed by atoms with E-state index >= 15 is 0 Å². The summed E-state index contributed by atoms with van der Waals surface area (Å²) < 4.78 is 2.25. The van der Waals surface area contributed by atoms with Crippen molar-refractivity contribution >= 4 is 0 Å². The Morgan fingerprint density at radius 1 is 1.40 bits per heavy atom. The van der Waals surface area contributed by atoms with Gasteiger partial charge in [0.2, 0.25) is 0 Å². The highest BCUT2D eigenvalue weighted by molar-refractivity contribution is 5.10. The number of hydrogen-bond acceptors (Lipinski definition) is 2. The molecule has 1 rings (SSSR count). The van der Waals surface area contributed by atoms with Crippen LogP contribution in [0, 0.1) is 0 Å². The lowest BCUT2D eigenvalue weighted by Gasteiger charge is -2.09. The summed E-state index contributed by atoms with van der Waals surface area (Å²) in [7, 11) is 4.20. The van der Waals surface area contributed by atoms with Gasteiger partial charge in [-0.05, 0) is 25.7 Å². The molecule has 0 bridgehead atoms. The van der Waals surface area contributed by atoms with Gasteiger partial charge in [-0.1, -0.05) is 13.8 Å². The van der Waals surface area contributed by atoms with Gasteiger partial charge in [-0.15, -0.1) is 0 Å². The maximum Gasteiger partial charge on any atom is 0.0347 e. The summed E-state index contributed by atoms with van der Waals surface area (Å²) in [5.74, 6) is 0. The smallest absolute Gasteiger partial charge is 0.0347 e. The Kier molecular flexibility index (Phi) is 4.85. The number of aromatic nitrogens is 1. The van der Waals surface area contributed by atoms with Crippen molar-refractivity contribution in [3.05, 3.63) is 24.0 Å². The molecule has 0 spiro atoms. The van der Waals surface area contributed by atoms with Gasteiger partial charge in [-0.25, -0.2) is 0 Å². The molecule has 86 valence electrons. The largest absolute Gasteiger partial charge is 0.353 e. The predicted molar refractivity (Wildman–Crippen MR) is 65.0 cm³/mol. The van der Waals surface area contributed by atoms with E-state index in [1.165, 1.54) is 5.56 Å². The quantitative estimate of drug-likeness (QED) is 0.767. The van der Waals surface area contributed by atoms with Crippen LogP contribution < -0.4 is 5.32 Å². The fourth-order valence-corrected chi connectivity index (χ4v) is 1.37. The molecule has 0 saturated heterocycles. The van der Waals surface area contributed by atoms with E-state index in [-0.39, 0.29) is 0 Å². The highest BCUT2D eigenvalue weighted by Gasteiger charge is 1.98. The van der Waals surface area contributed by atoms with Gasteiger partial charge in [0.05, 0.1) is 0 Å². The van der Waals surface area contributed by atoms with Gasteiger partial charge in [0.1, 0.15) is 0 Å². The third-order valence-corrected chi connectivity index (χ3v) is 2.33. The lowest BCUT2D eigenvalue weighted by molar-refractivity contribution is 0.384. The second kappa shape index (κ2) is 5.93. The fraction of sp³-hybridized carbons (Fsp3) is 0.667. The van der Waals surface area contributed by atoms with Crippen molar-refractivity contribution < 1.29 is 0 Å². The van der Waals surface area contributed by atoms with Crippen LogP contribution in [0.2, 0.25) is 0 Å². The molecule has 0 aliphatic rings. The van der Waals surface area contributed by atoms with Crippen molar-refractivity contribution in [1.82, 2.24) is 14.8 Å². The molecule has 0 amide bonds. The minimum Gasteiger partial charge on any atom is -0.353 e. The average Bonchev–Trinajstić information content (AvgIpc) is 2.59. The number of hydrogen-bond donors (Lipinski definition) is 1. The Morgan fingerprint density at radius 2 is 2.13 bits per heavy atom. The van der Waals surface area contributed by atoms with Crippen LogP contribution in [0.3, 0.4) is 0 Å². The van der Waals surface area contributed by atoms with Crippen LogP contribution in [0.25, 0.3) is 0 Å². The maximum atomic E-state index is 3.42. The van der Waals surface area contributed by atoms with E-state index in [1.807, 2.05) is 0 Å². The molecule has 15 heavy (non-hydrogen) atoms. The van der Waals surface area contributed by atoms with Crippen molar-refractivity contribution in [3.63, 3.8) is 0 Å². The van der Waals surface area contributed by atoms with Crippen LogP contribution in [0.15, 0.2) is 18.5 Å². The molecule has 0 fully saturated rings. The predicted octanol–water partition coefficient (Wildman–Crippen LogP) is 1.55. The first-order valence-electron chi connectivity index (χ1n) is 5.60. The summed E-state index contributed by atoms with van der Waals surface area (Å²) in [6.07, 6.45) is 4.37. The normalized spacial score (nSPS) is 11.6. The maximum absolute atomic E-state index is 3.42. The Morgan fingerprint density at radius 3 is 2.73 bits per heavy atom. The summed E-state index contributed by atoms with van der Waals surface area (Å²) >= 11 is 0. The van der Waals surface area contributed by atoms with Crippen LogP contribution in [-0.4, -0.2) is 36.1 Å². The third kappa shape index (κ3) is 5.00. The van der Waals surface area contributed by atoms with Gasteiger partial charge in [0.15, 0.2) is 0 Å². The SMILES string of the molecule is CC(C)NCc1ccn(CCN(C)C)c1. The van der Waals surface area contributed by atoms with Gasteiger partial charge in [0, 0.05) is 38.1 Å². The molecule has 0 aliphatic carbocycles. The molecule has 1 aromatic heterocycles. The second-order valence-corrected chi connectivity index (χ2v) is 4.60. The molecule has 3 nitrogen and oxygen atoms in total. The number of nitrogens with zero attached hydrogens (tertiary/aromatic N) is 2. The molecule has 0 aromatic carbocycles. The molecule has 0 aliphatic heterocycles. The monoisotopic (exact) mass is 209 g/mol. The summed E-state index contributed by atoms with van der Waals surface area (Å²) in [6, 6.07) is 2.74. The molecule has 1 N–H and O–H groups in total. The summed E-state index contributed by atoms with van der Waals surface area (Å²) in [5, 5.41) is 3.42. The topological polar surface area (TPSA) is 20.2 Å². The molecular weight excluding hydrogens is 186 g/mol. The Labute approximate surface area is 93.1 Å². The van der Waals surface area contributed by atoms with E-state index in [0.29, 0.717) is 6.04 Å². The zero-order valence-corrected chi connectivity index (χ0v) is 10.3. The third-order valence-electron chi connectivity index (χ3n) is 2.33. The first-order chi connectivity index (χ1) is 7.08. The number of likely N-dealkylation sites (N-methyl/N-ethyl adjacent to an activating group) is 1. The Balaban J connectivity index is 2.35. The molecule has 3 heteroatoms. The molecule has 0 saturated carbocycles. The van der Waals surface area contributed by atoms with Crippen molar-refractivity contribution in [2.75, 3.05) is 20.6 Å². The van der Waals surface area contributed by atoms with E-state index in [4.69, 9.17) is 0 Å². The van der Waals surface area contributed by atoms with Crippen molar-refractivity contribution in [3.8, 4) is 0 Å². The lowest BCUT2D eigenvalue weighted by atomic mass is 10.3. The first kappa shape index (κ1) is 12.3. The van der Waals surface area contributed by atoms with Gasteiger partial charge in [-0.3, -0.25) is 0 Å². The lowest BCUT2D eigenvalue weighted by Crippen LogP contribution is -2.21. The van der Waals surface area contributed by atoms with E-state index in [1.54, 1.807) is 0 Å². The van der Waals surface area contributed by atoms with Gasteiger partial charge < -0.3 is 14.8 Å². The van der Waals surface area contributed by atoms with Crippen LogP contribution in [-0.2, 0) is 13.1 Å². The van der Waals surface area contributed by atoms with E-state index in [9.17, 15) is 0 Å². The van der Waals surface area contributed by atoms with Crippen LogP contribution in [0.5, 0.6) is 0 Å². The molecule has 1 heterocycles. The van der Waals surface area contributed by atoms with Crippen molar-refractivity contribution in [2.45, 2.75) is 33.0 Å². The van der Waals surface area contributed by atoms with Crippen LogP contribution in [0.4, 0.5) is 0 Å². The number of rotatable bonds is 6. The summed E-state index contributed by atoms with van der Waals surface area (Å²) in [5.41, 5.74) is 1.36. The van der Waals surface area contributed by atoms with E-state index in [0.717, 1.165) is 19.6 Å². The average molecular weight is 209 g/mol. The summed E-state index contributed by atoms with van der Waals surface area (Å²) in [6.45, 7) is 7.46. The van der Waals surface area contributed by atoms with Gasteiger partial charge in [-0.2, -0.15) is 0 Å². The number of nitrogens with one attached hydrogen (secondary N) is 1. The second-order valence-electron chi connectivity index (χ2n) is 4.60. The first-order valence-corrected chi connectivity index (χ1v) is 5.60. The highest BCUT2D eigenvalue weighted by atomic mass is 15.1. The highest BCUT2D eigenvalue weighted by Crippen LogP contribution is 2.01. The van der Waals surface area contributed by atoms with E-state index < -0.39 is 0 Å². The molecule has 0 atom stereocenters. The Bertz CT molecular complexity index is 250. The molecule has 0 unspecified atom stereocenters. The Hall–Kier alpha value is -0.800. The standard InChI is InChI=1S/C12H23N3/c1-11(2)13-9-12-5-6-15(10-12)8-7-14(3)4/h5-6,10-11,13H,7-9H2,1-4H3. The zero-order valence-electron chi connectivity index (χ0n) is 10.3. The van der Waals surface area contributed by atoms with Crippen LogP contribution in [0.1, 0.15) is 19.4 Å². The van der Waals surface area contributed by atoms with Gasteiger partial charge >= 0.3 is 0 Å². The van der Waals surface area contributed by atoms with Crippen molar-refractivity contribution in [1.29, 1.82) is 0 Å². The minimum atomic E-state index is 0.551. The molecular formula is C12H23N3. The summed E-state index contributed by atoms with van der Waals surface area (Å²) in [4.78, 5) is 2.20. The molecule has 0 radical (unpaired) electrons. The zero-order chi connectivity index (χ0) is 11.3. The van der Waals surface area contributed by atoms with Gasteiger partial charge in [0.25, 0.3) is 0 Å². The molecule has 1 aromatic rings. The minimum absolute atomic E-state index is 0.551. The van der Waals surface area contributed by atoms with E-state index in [2.05, 4.69) is 61.2 Å².